The molecule has 0 atom stereocenters. The largest absolute Gasteiger partial charge is 0.360 e. The Hall–Kier alpha value is -3.35. The molecule has 0 spiro atoms. The van der Waals surface area contributed by atoms with Crippen LogP contribution in [0.15, 0.2) is 36.8 Å². The van der Waals surface area contributed by atoms with Gasteiger partial charge in [-0.3, -0.25) is 9.67 Å². The Labute approximate surface area is 201 Å². The first kappa shape index (κ1) is 23.8. The number of ether oxygens (including phenoxy) is 1. The highest BCUT2D eigenvalue weighted by atomic mass is 32.3. The maximum Gasteiger partial charge on any atom is 0.156 e. The van der Waals surface area contributed by atoms with E-state index in [9.17, 15) is 5.26 Å². The molecule has 0 unspecified atom stereocenters. The normalized spacial score (nSPS) is 12.1. The topological polar surface area (TPSA) is 93.6 Å². The lowest BCUT2D eigenvalue weighted by atomic mass is 10.0. The van der Waals surface area contributed by atoms with Crippen LogP contribution in [-0.4, -0.2) is 55.4 Å². The van der Waals surface area contributed by atoms with Gasteiger partial charge in [-0.2, -0.15) is 10.4 Å². The predicted octanol–water partition coefficient (Wildman–Crippen LogP) is 4.73. The first-order valence-corrected chi connectivity index (χ1v) is 14.1. The van der Waals surface area contributed by atoms with E-state index in [1.807, 2.05) is 56.1 Å². The van der Waals surface area contributed by atoms with Gasteiger partial charge in [0.05, 0.1) is 12.2 Å². The van der Waals surface area contributed by atoms with E-state index >= 15 is 0 Å². The fourth-order valence-corrected chi connectivity index (χ4v) is 4.42. The summed E-state index contributed by atoms with van der Waals surface area (Å²) in [7, 11) is 1.25. The predicted molar refractivity (Wildman–Crippen MR) is 140 cm³/mol. The van der Waals surface area contributed by atoms with Gasteiger partial charge >= 0.3 is 0 Å². The van der Waals surface area contributed by atoms with Gasteiger partial charge in [0.25, 0.3) is 0 Å². The average molecular weight is 478 g/mol. The van der Waals surface area contributed by atoms with Gasteiger partial charge < -0.3 is 14.6 Å². The average Bonchev–Trinajstić information content (AvgIpc) is 3.28. The molecule has 4 heterocycles. The molecule has 0 bridgehead atoms. The number of nitrogens with one attached hydrogen (secondary N) is 1. The van der Waals surface area contributed by atoms with Crippen molar-refractivity contribution in [3.63, 3.8) is 0 Å². The highest BCUT2D eigenvalue weighted by Gasteiger charge is 2.18. The number of rotatable bonds is 8. The van der Waals surface area contributed by atoms with Gasteiger partial charge in [-0.1, -0.05) is 0 Å². The van der Waals surface area contributed by atoms with Crippen molar-refractivity contribution in [2.75, 3.05) is 36.4 Å². The molecule has 0 saturated carbocycles. The lowest BCUT2D eigenvalue weighted by Crippen LogP contribution is -2.10. The van der Waals surface area contributed by atoms with Crippen LogP contribution in [-0.2, 0) is 18.5 Å². The van der Waals surface area contributed by atoms with Crippen LogP contribution in [0.2, 0.25) is 0 Å². The van der Waals surface area contributed by atoms with Crippen molar-refractivity contribution in [2.24, 2.45) is 7.05 Å². The van der Waals surface area contributed by atoms with Crippen molar-refractivity contribution >= 4 is 32.7 Å². The second-order valence-electron chi connectivity index (χ2n) is 9.36. The number of hydrogen-bond acceptors (Lipinski definition) is 6. The van der Waals surface area contributed by atoms with E-state index in [2.05, 4.69) is 40.2 Å². The summed E-state index contributed by atoms with van der Waals surface area (Å²) in [6, 6.07) is 8.30. The summed E-state index contributed by atoms with van der Waals surface area (Å²) in [6.45, 7) is 4.96. The smallest absolute Gasteiger partial charge is 0.156 e. The molecule has 0 aliphatic heterocycles. The molecule has 0 fully saturated rings. The minimum Gasteiger partial charge on any atom is -0.360 e. The maximum atomic E-state index is 9.93. The molecule has 0 aromatic carbocycles. The van der Waals surface area contributed by atoms with Crippen LogP contribution in [0.3, 0.4) is 0 Å². The standard InChI is InChI=1S/C25H31N7OS/c1-17-14-31(3)30-24(17)28-22-12-21(19-7-8-27-18(2)11-19)23-20(13-26)15-32(25(23)29-22)16-33-9-10-34(4,5)6/h7-8,11-12,14-15H,9-10,16H2,1-6H3,(H,28,29,30). The Morgan fingerprint density at radius 1 is 1.18 bits per heavy atom. The Bertz CT molecular complexity index is 1370. The van der Waals surface area contributed by atoms with Crippen molar-refractivity contribution < 1.29 is 4.74 Å². The van der Waals surface area contributed by atoms with E-state index in [1.54, 1.807) is 10.9 Å². The van der Waals surface area contributed by atoms with Gasteiger partial charge in [-0.25, -0.2) is 15.0 Å². The van der Waals surface area contributed by atoms with Gasteiger partial charge in [-0.15, -0.1) is 0 Å². The molecule has 0 saturated heterocycles. The van der Waals surface area contributed by atoms with Crippen molar-refractivity contribution in [2.45, 2.75) is 20.6 Å². The second-order valence-corrected chi connectivity index (χ2v) is 13.9. The van der Waals surface area contributed by atoms with E-state index in [4.69, 9.17) is 9.72 Å². The lowest BCUT2D eigenvalue weighted by Gasteiger charge is -2.24. The summed E-state index contributed by atoms with van der Waals surface area (Å²) in [5.41, 5.74) is 5.09. The number of aryl methyl sites for hydroxylation is 3. The van der Waals surface area contributed by atoms with E-state index in [0.717, 1.165) is 39.3 Å². The molecule has 4 rings (SSSR count). The fourth-order valence-electron chi connectivity index (χ4n) is 3.80. The molecular weight excluding hydrogens is 446 g/mol. The Balaban J connectivity index is 1.81. The van der Waals surface area contributed by atoms with Crippen LogP contribution >= 0.6 is 10.0 Å². The summed E-state index contributed by atoms with van der Waals surface area (Å²) >= 11 is 0. The molecule has 0 aliphatic carbocycles. The molecule has 9 heteroatoms. The van der Waals surface area contributed by atoms with Crippen LogP contribution in [0.25, 0.3) is 22.2 Å². The van der Waals surface area contributed by atoms with Crippen LogP contribution < -0.4 is 5.32 Å². The number of fused-ring (bicyclic) bond motifs is 1. The van der Waals surface area contributed by atoms with E-state index < -0.39 is 10.0 Å². The molecule has 34 heavy (non-hydrogen) atoms. The number of hydrogen-bond donors (Lipinski definition) is 1. The molecule has 0 aliphatic rings. The van der Waals surface area contributed by atoms with Gasteiger partial charge in [0.2, 0.25) is 0 Å². The maximum absolute atomic E-state index is 9.93. The zero-order chi connectivity index (χ0) is 24.5. The molecule has 8 nitrogen and oxygen atoms in total. The van der Waals surface area contributed by atoms with Crippen LogP contribution in [0.1, 0.15) is 16.8 Å². The number of anilines is 2. The number of pyridine rings is 2. The number of aromatic nitrogens is 5. The monoisotopic (exact) mass is 477 g/mol. The van der Waals surface area contributed by atoms with Crippen molar-refractivity contribution in [3.05, 3.63) is 53.6 Å². The Morgan fingerprint density at radius 2 is 1.97 bits per heavy atom. The third-order valence-corrected chi connectivity index (χ3v) is 6.87. The fraction of sp³-hybridized carbons (Fsp3) is 0.360. The number of nitrogens with zero attached hydrogens (tertiary/aromatic N) is 6. The molecular formula is C25H31N7OS. The molecule has 0 radical (unpaired) electrons. The third-order valence-electron chi connectivity index (χ3n) is 5.48. The zero-order valence-corrected chi connectivity index (χ0v) is 21.4. The first-order chi connectivity index (χ1) is 16.1. The SMILES string of the molecule is Cc1cc(-c2cc(Nc3nn(C)cc3C)nc3c2c(C#N)cn3COCCS(C)(C)C)ccn1. The van der Waals surface area contributed by atoms with Crippen molar-refractivity contribution in [1.82, 2.24) is 24.3 Å². The summed E-state index contributed by atoms with van der Waals surface area (Å²) in [5.74, 6) is 2.42. The van der Waals surface area contributed by atoms with E-state index in [1.165, 1.54) is 0 Å². The lowest BCUT2D eigenvalue weighted by molar-refractivity contribution is 0.0923. The summed E-state index contributed by atoms with van der Waals surface area (Å²) in [5, 5.41) is 18.6. The molecule has 0 amide bonds. The minimum atomic E-state index is -0.638. The van der Waals surface area contributed by atoms with E-state index in [0.29, 0.717) is 30.4 Å². The highest BCUT2D eigenvalue weighted by molar-refractivity contribution is 8.32. The quantitative estimate of drug-likeness (QED) is 0.369. The Kier molecular flexibility index (Phi) is 6.64. The number of nitriles is 1. The first-order valence-electron chi connectivity index (χ1n) is 11.0. The van der Waals surface area contributed by atoms with Gasteiger partial charge in [0.1, 0.15) is 24.3 Å². The van der Waals surface area contributed by atoms with Crippen LogP contribution in [0.5, 0.6) is 0 Å². The third kappa shape index (κ3) is 5.24. The molecule has 4 aromatic heterocycles. The minimum absolute atomic E-state index is 0.335. The van der Waals surface area contributed by atoms with E-state index in [-0.39, 0.29) is 0 Å². The van der Waals surface area contributed by atoms with Gasteiger partial charge in [0.15, 0.2) is 5.82 Å². The van der Waals surface area contributed by atoms with Gasteiger partial charge in [0, 0.05) is 48.0 Å². The Morgan fingerprint density at radius 3 is 2.62 bits per heavy atom. The van der Waals surface area contributed by atoms with Gasteiger partial charge in [-0.05, 0) is 61.9 Å². The second kappa shape index (κ2) is 9.49. The summed E-state index contributed by atoms with van der Waals surface area (Å²) < 4.78 is 9.68. The molecule has 1 N–H and O–H groups in total. The van der Waals surface area contributed by atoms with Crippen LogP contribution in [0, 0.1) is 25.2 Å². The summed E-state index contributed by atoms with van der Waals surface area (Å²) in [4.78, 5) is 9.22. The summed E-state index contributed by atoms with van der Waals surface area (Å²) in [6.07, 6.45) is 12.4. The highest BCUT2D eigenvalue weighted by Crippen LogP contribution is 2.35. The zero-order valence-electron chi connectivity index (χ0n) is 20.6. The molecule has 178 valence electrons. The van der Waals surface area contributed by atoms with Crippen molar-refractivity contribution in [1.29, 1.82) is 5.26 Å². The molecule has 4 aromatic rings. The van der Waals surface area contributed by atoms with Crippen molar-refractivity contribution in [3.8, 4) is 17.2 Å². The van der Waals surface area contributed by atoms with Crippen LogP contribution in [0.4, 0.5) is 11.6 Å².